The number of hydrogen-bond acceptors (Lipinski definition) is 2. The first-order chi connectivity index (χ1) is 7.09. The molecule has 1 aromatic carbocycles. The summed E-state index contributed by atoms with van der Waals surface area (Å²) in [6.07, 6.45) is 1.99. The topological polar surface area (TPSA) is 26.0 Å². The van der Waals surface area contributed by atoms with E-state index in [-0.39, 0.29) is 11.9 Å². The molecule has 2 N–H and O–H groups in total. The Hall–Kier alpha value is -0.800. The lowest BCUT2D eigenvalue weighted by molar-refractivity contribution is 0.602. The summed E-state index contributed by atoms with van der Waals surface area (Å²) >= 11 is 1.45. The Morgan fingerprint density at radius 1 is 1.47 bits per heavy atom. The van der Waals surface area contributed by atoms with Gasteiger partial charge in [-0.1, -0.05) is 23.8 Å². The second kappa shape index (κ2) is 5.93. The third-order valence-electron chi connectivity index (χ3n) is 1.82. The molecule has 0 radical (unpaired) electrons. The van der Waals surface area contributed by atoms with Crippen LogP contribution in [0.25, 0.3) is 0 Å². The smallest absolute Gasteiger partial charge is 0.136 e. The van der Waals surface area contributed by atoms with Crippen LogP contribution in [0.15, 0.2) is 40.8 Å². The highest BCUT2D eigenvalue weighted by atomic mass is 32.2. The van der Waals surface area contributed by atoms with Crippen LogP contribution in [0.4, 0.5) is 4.39 Å². The van der Waals surface area contributed by atoms with Crippen LogP contribution >= 0.6 is 11.8 Å². The summed E-state index contributed by atoms with van der Waals surface area (Å²) in [5.74, 6) is 0.526. The van der Waals surface area contributed by atoms with Crippen LogP contribution in [0.1, 0.15) is 13.8 Å². The van der Waals surface area contributed by atoms with E-state index < -0.39 is 0 Å². The zero-order valence-electron chi connectivity index (χ0n) is 9.03. The van der Waals surface area contributed by atoms with Gasteiger partial charge in [-0.3, -0.25) is 0 Å². The molecule has 15 heavy (non-hydrogen) atoms. The van der Waals surface area contributed by atoms with Crippen LogP contribution in [-0.2, 0) is 0 Å². The molecule has 1 aromatic rings. The van der Waals surface area contributed by atoms with E-state index in [0.29, 0.717) is 10.6 Å². The summed E-state index contributed by atoms with van der Waals surface area (Å²) in [5, 5.41) is 0. The van der Waals surface area contributed by atoms with E-state index >= 15 is 0 Å². The molecule has 0 saturated carbocycles. The summed E-state index contributed by atoms with van der Waals surface area (Å²) in [6, 6.07) is 6.75. The van der Waals surface area contributed by atoms with Crippen molar-refractivity contribution in [3.05, 3.63) is 41.7 Å². The molecule has 0 heterocycles. The Bertz CT molecular complexity index is 345. The fourth-order valence-corrected chi connectivity index (χ4v) is 2.07. The van der Waals surface area contributed by atoms with Crippen molar-refractivity contribution in [1.29, 1.82) is 0 Å². The highest BCUT2D eigenvalue weighted by molar-refractivity contribution is 7.99. The molecule has 1 unspecified atom stereocenters. The molecule has 0 aromatic heterocycles. The predicted octanol–water partition coefficient (Wildman–Crippen LogP) is 3.21. The standard InChI is InChI=1S/C12H16FNS/c1-9(2)7-10(14)8-15-12-6-4-3-5-11(12)13/h3-7,10H,8,14H2,1-2H3. The lowest BCUT2D eigenvalue weighted by Crippen LogP contribution is -2.20. The van der Waals surface area contributed by atoms with Gasteiger partial charge >= 0.3 is 0 Å². The molecule has 0 aliphatic rings. The van der Waals surface area contributed by atoms with Crippen LogP contribution < -0.4 is 5.73 Å². The molecule has 3 heteroatoms. The van der Waals surface area contributed by atoms with Crippen molar-refractivity contribution in [2.45, 2.75) is 24.8 Å². The fourth-order valence-electron chi connectivity index (χ4n) is 1.22. The Labute approximate surface area is 94.6 Å². The van der Waals surface area contributed by atoms with Gasteiger partial charge in [-0.15, -0.1) is 11.8 Å². The number of allylic oxidation sites excluding steroid dienone is 1. The van der Waals surface area contributed by atoms with Gasteiger partial charge in [0.15, 0.2) is 0 Å². The SMILES string of the molecule is CC(C)=CC(N)CSc1ccccc1F. The first kappa shape index (κ1) is 12.3. The van der Waals surface area contributed by atoms with Crippen molar-refractivity contribution in [3.8, 4) is 0 Å². The maximum absolute atomic E-state index is 13.2. The van der Waals surface area contributed by atoms with E-state index in [1.165, 1.54) is 23.4 Å². The number of rotatable bonds is 4. The van der Waals surface area contributed by atoms with Crippen LogP contribution in [0.3, 0.4) is 0 Å². The molecular weight excluding hydrogens is 209 g/mol. The van der Waals surface area contributed by atoms with Gasteiger partial charge in [0.25, 0.3) is 0 Å². The largest absolute Gasteiger partial charge is 0.324 e. The van der Waals surface area contributed by atoms with E-state index in [1.807, 2.05) is 26.0 Å². The minimum atomic E-state index is -0.174. The van der Waals surface area contributed by atoms with Gasteiger partial charge in [-0.25, -0.2) is 4.39 Å². The molecule has 0 aliphatic carbocycles. The lowest BCUT2D eigenvalue weighted by atomic mass is 10.2. The van der Waals surface area contributed by atoms with Gasteiger partial charge in [-0.2, -0.15) is 0 Å². The van der Waals surface area contributed by atoms with E-state index in [0.717, 1.165) is 0 Å². The maximum atomic E-state index is 13.2. The molecule has 1 atom stereocenters. The first-order valence-electron chi connectivity index (χ1n) is 4.87. The number of nitrogens with two attached hydrogens (primary N) is 1. The third kappa shape index (κ3) is 4.49. The normalized spacial score (nSPS) is 12.3. The molecule has 0 saturated heterocycles. The molecular formula is C12H16FNS. The molecule has 0 aliphatic heterocycles. The summed E-state index contributed by atoms with van der Waals surface area (Å²) in [4.78, 5) is 0.662. The predicted molar refractivity (Wildman–Crippen MR) is 64.5 cm³/mol. The molecule has 0 amide bonds. The van der Waals surface area contributed by atoms with Crippen LogP contribution in [0, 0.1) is 5.82 Å². The number of benzene rings is 1. The van der Waals surface area contributed by atoms with Crippen molar-refractivity contribution in [2.24, 2.45) is 5.73 Å². The van der Waals surface area contributed by atoms with Crippen molar-refractivity contribution < 1.29 is 4.39 Å². The average molecular weight is 225 g/mol. The number of hydrogen-bond donors (Lipinski definition) is 1. The van der Waals surface area contributed by atoms with Crippen molar-refractivity contribution in [3.63, 3.8) is 0 Å². The summed E-state index contributed by atoms with van der Waals surface area (Å²) in [7, 11) is 0. The van der Waals surface area contributed by atoms with E-state index in [2.05, 4.69) is 0 Å². The number of thioether (sulfide) groups is 1. The molecule has 82 valence electrons. The summed E-state index contributed by atoms with van der Waals surface area (Å²) < 4.78 is 13.2. The van der Waals surface area contributed by atoms with Crippen molar-refractivity contribution >= 4 is 11.8 Å². The molecule has 1 rings (SSSR count). The minimum absolute atomic E-state index is 0.0143. The lowest BCUT2D eigenvalue weighted by Gasteiger charge is -2.07. The molecule has 0 bridgehead atoms. The van der Waals surface area contributed by atoms with Gasteiger partial charge in [-0.05, 0) is 26.0 Å². The monoisotopic (exact) mass is 225 g/mol. The second-order valence-corrected chi connectivity index (χ2v) is 4.71. The average Bonchev–Trinajstić information content (AvgIpc) is 2.15. The van der Waals surface area contributed by atoms with Gasteiger partial charge in [0.1, 0.15) is 5.82 Å². The van der Waals surface area contributed by atoms with Gasteiger partial charge in [0, 0.05) is 16.7 Å². The first-order valence-corrected chi connectivity index (χ1v) is 5.86. The molecule has 0 fully saturated rings. The Morgan fingerprint density at radius 3 is 2.73 bits per heavy atom. The van der Waals surface area contributed by atoms with E-state index in [1.54, 1.807) is 12.1 Å². The zero-order chi connectivity index (χ0) is 11.3. The van der Waals surface area contributed by atoms with Gasteiger partial charge in [0.2, 0.25) is 0 Å². The quantitative estimate of drug-likeness (QED) is 0.629. The highest BCUT2D eigenvalue weighted by Gasteiger charge is 2.04. The highest BCUT2D eigenvalue weighted by Crippen LogP contribution is 2.21. The van der Waals surface area contributed by atoms with Crippen LogP contribution in [0.5, 0.6) is 0 Å². The van der Waals surface area contributed by atoms with Crippen molar-refractivity contribution in [2.75, 3.05) is 5.75 Å². The zero-order valence-corrected chi connectivity index (χ0v) is 9.85. The van der Waals surface area contributed by atoms with Crippen molar-refractivity contribution in [1.82, 2.24) is 0 Å². The Kier molecular flexibility index (Phi) is 4.85. The summed E-state index contributed by atoms with van der Waals surface area (Å²) in [5.41, 5.74) is 7.04. The van der Waals surface area contributed by atoms with E-state index in [4.69, 9.17) is 5.73 Å². The Morgan fingerprint density at radius 2 is 2.13 bits per heavy atom. The van der Waals surface area contributed by atoms with Crippen LogP contribution in [0.2, 0.25) is 0 Å². The van der Waals surface area contributed by atoms with E-state index in [9.17, 15) is 4.39 Å². The van der Waals surface area contributed by atoms with Crippen LogP contribution in [-0.4, -0.2) is 11.8 Å². The minimum Gasteiger partial charge on any atom is -0.324 e. The Balaban J connectivity index is 2.51. The molecule has 1 nitrogen and oxygen atoms in total. The second-order valence-electron chi connectivity index (χ2n) is 3.65. The summed E-state index contributed by atoms with van der Waals surface area (Å²) in [6.45, 7) is 4.02. The number of halogens is 1. The maximum Gasteiger partial charge on any atom is 0.136 e. The third-order valence-corrected chi connectivity index (χ3v) is 3.01. The van der Waals surface area contributed by atoms with Gasteiger partial charge < -0.3 is 5.73 Å². The molecule has 0 spiro atoms. The van der Waals surface area contributed by atoms with Gasteiger partial charge in [0.05, 0.1) is 0 Å². The fraction of sp³-hybridized carbons (Fsp3) is 0.333.